The topological polar surface area (TPSA) is 94.2 Å². The van der Waals surface area contributed by atoms with Crippen LogP contribution in [0.4, 0.5) is 5.69 Å². The van der Waals surface area contributed by atoms with Gasteiger partial charge in [0.1, 0.15) is 23.9 Å². The summed E-state index contributed by atoms with van der Waals surface area (Å²) in [5, 5.41) is 2.80. The van der Waals surface area contributed by atoms with Gasteiger partial charge in [0.05, 0.1) is 30.8 Å². The van der Waals surface area contributed by atoms with Gasteiger partial charge in [-0.1, -0.05) is 23.8 Å². The number of carbonyl (C=O) groups excluding carboxylic acids is 1. The number of carbonyl (C=O) groups is 1. The molecule has 3 aromatic carbocycles. The Kier molecular flexibility index (Phi) is 7.40. The first kappa shape index (κ1) is 25.4. The summed E-state index contributed by atoms with van der Waals surface area (Å²) in [6, 6.07) is 17.3. The number of ether oxygens (including phenoxy) is 3. The van der Waals surface area contributed by atoms with Crippen molar-refractivity contribution in [3.05, 3.63) is 77.4 Å². The highest BCUT2D eigenvalue weighted by molar-refractivity contribution is 7.92. The van der Waals surface area contributed by atoms with E-state index in [0.717, 1.165) is 22.4 Å². The van der Waals surface area contributed by atoms with Crippen LogP contribution in [-0.4, -0.2) is 47.2 Å². The van der Waals surface area contributed by atoms with E-state index in [1.165, 1.54) is 23.5 Å². The zero-order chi connectivity index (χ0) is 25.9. The SMILES string of the molecule is COc1ccc(S(=O)(=O)N2CC(C(=O)NCCOc3ccc(C)cc3C)Oc3cc(C)ccc32)cc1. The minimum atomic E-state index is -3.96. The second-order valence-corrected chi connectivity index (χ2v) is 10.6. The number of aryl methyl sites for hydroxylation is 3. The summed E-state index contributed by atoms with van der Waals surface area (Å²) in [4.78, 5) is 13.1. The first-order valence-electron chi connectivity index (χ1n) is 11.6. The molecule has 9 heteroatoms. The van der Waals surface area contributed by atoms with Crippen molar-refractivity contribution in [3.8, 4) is 17.2 Å². The van der Waals surface area contributed by atoms with Gasteiger partial charge in [-0.25, -0.2) is 8.42 Å². The van der Waals surface area contributed by atoms with Crippen molar-refractivity contribution in [1.82, 2.24) is 5.32 Å². The van der Waals surface area contributed by atoms with Crippen LogP contribution in [-0.2, 0) is 14.8 Å². The molecule has 1 heterocycles. The van der Waals surface area contributed by atoms with Crippen LogP contribution in [0, 0.1) is 20.8 Å². The predicted molar refractivity (Wildman–Crippen MR) is 138 cm³/mol. The molecule has 0 fully saturated rings. The highest BCUT2D eigenvalue weighted by atomic mass is 32.2. The minimum absolute atomic E-state index is 0.0951. The lowest BCUT2D eigenvalue weighted by molar-refractivity contribution is -0.127. The smallest absolute Gasteiger partial charge is 0.264 e. The fraction of sp³-hybridized carbons (Fsp3) is 0.296. The number of hydrogen-bond acceptors (Lipinski definition) is 6. The van der Waals surface area contributed by atoms with E-state index in [1.807, 2.05) is 45.0 Å². The Morgan fingerprint density at radius 2 is 1.72 bits per heavy atom. The van der Waals surface area contributed by atoms with Crippen molar-refractivity contribution in [2.75, 3.05) is 31.1 Å². The van der Waals surface area contributed by atoms with E-state index in [4.69, 9.17) is 14.2 Å². The maximum atomic E-state index is 13.6. The summed E-state index contributed by atoms with van der Waals surface area (Å²) in [6.07, 6.45) is -1.02. The molecule has 0 spiro atoms. The van der Waals surface area contributed by atoms with Crippen molar-refractivity contribution in [2.24, 2.45) is 0 Å². The van der Waals surface area contributed by atoms with Gasteiger partial charge in [-0.2, -0.15) is 0 Å². The molecule has 4 rings (SSSR count). The van der Waals surface area contributed by atoms with Gasteiger partial charge in [0.2, 0.25) is 0 Å². The third-order valence-corrected chi connectivity index (χ3v) is 7.71. The van der Waals surface area contributed by atoms with Gasteiger partial charge in [0.25, 0.3) is 15.9 Å². The number of hydrogen-bond donors (Lipinski definition) is 1. The predicted octanol–water partition coefficient (Wildman–Crippen LogP) is 3.77. The molecule has 36 heavy (non-hydrogen) atoms. The lowest BCUT2D eigenvalue weighted by Crippen LogP contribution is -2.51. The largest absolute Gasteiger partial charge is 0.497 e. The normalized spacial score (nSPS) is 15.0. The Bertz CT molecular complexity index is 1360. The zero-order valence-electron chi connectivity index (χ0n) is 20.8. The van der Waals surface area contributed by atoms with Crippen LogP contribution < -0.4 is 23.8 Å². The van der Waals surface area contributed by atoms with Crippen molar-refractivity contribution in [3.63, 3.8) is 0 Å². The van der Waals surface area contributed by atoms with Crippen LogP contribution in [0.25, 0.3) is 0 Å². The Balaban J connectivity index is 1.49. The maximum Gasteiger partial charge on any atom is 0.264 e. The van der Waals surface area contributed by atoms with Crippen LogP contribution in [0.2, 0.25) is 0 Å². The van der Waals surface area contributed by atoms with Crippen LogP contribution in [0.15, 0.2) is 65.6 Å². The lowest BCUT2D eigenvalue weighted by atomic mass is 10.1. The molecular weight excluding hydrogens is 480 g/mol. The number of sulfonamides is 1. The van der Waals surface area contributed by atoms with Gasteiger partial charge in [-0.05, 0) is 74.4 Å². The second kappa shape index (κ2) is 10.5. The molecular formula is C27H30N2O6S. The molecule has 1 unspecified atom stereocenters. The van der Waals surface area contributed by atoms with Crippen molar-refractivity contribution < 1.29 is 27.4 Å². The summed E-state index contributed by atoms with van der Waals surface area (Å²) >= 11 is 0. The van der Waals surface area contributed by atoms with Crippen LogP contribution in [0.3, 0.4) is 0 Å². The number of nitrogens with one attached hydrogen (secondary N) is 1. The fourth-order valence-corrected chi connectivity index (χ4v) is 5.49. The molecule has 1 aliphatic heterocycles. The van der Waals surface area contributed by atoms with E-state index in [2.05, 4.69) is 5.32 Å². The van der Waals surface area contributed by atoms with Gasteiger partial charge >= 0.3 is 0 Å². The summed E-state index contributed by atoms with van der Waals surface area (Å²) in [5.74, 6) is 1.23. The van der Waals surface area contributed by atoms with Gasteiger partial charge in [0.15, 0.2) is 6.10 Å². The first-order chi connectivity index (χ1) is 17.2. The third-order valence-electron chi connectivity index (χ3n) is 5.91. The zero-order valence-corrected chi connectivity index (χ0v) is 21.6. The van der Waals surface area contributed by atoms with Gasteiger partial charge in [-0.3, -0.25) is 9.10 Å². The van der Waals surface area contributed by atoms with Crippen molar-refractivity contribution in [1.29, 1.82) is 0 Å². The average molecular weight is 511 g/mol. The number of anilines is 1. The molecule has 0 bridgehead atoms. The van der Waals surface area contributed by atoms with E-state index >= 15 is 0 Å². The molecule has 1 aliphatic rings. The monoisotopic (exact) mass is 510 g/mol. The average Bonchev–Trinajstić information content (AvgIpc) is 2.86. The molecule has 1 atom stereocenters. The summed E-state index contributed by atoms with van der Waals surface area (Å²) in [5.41, 5.74) is 3.44. The molecule has 0 aromatic heterocycles. The number of amides is 1. The van der Waals surface area contributed by atoms with Crippen LogP contribution >= 0.6 is 0 Å². The number of benzene rings is 3. The summed E-state index contributed by atoms with van der Waals surface area (Å²) in [6.45, 7) is 6.21. The molecule has 0 aliphatic carbocycles. The Morgan fingerprint density at radius 1 is 1.03 bits per heavy atom. The van der Waals surface area contributed by atoms with E-state index in [0.29, 0.717) is 17.2 Å². The van der Waals surface area contributed by atoms with Crippen molar-refractivity contribution in [2.45, 2.75) is 31.8 Å². The van der Waals surface area contributed by atoms with Gasteiger partial charge in [-0.15, -0.1) is 0 Å². The van der Waals surface area contributed by atoms with E-state index in [9.17, 15) is 13.2 Å². The van der Waals surface area contributed by atoms with Crippen LogP contribution in [0.1, 0.15) is 16.7 Å². The Hall–Kier alpha value is -3.72. The van der Waals surface area contributed by atoms with E-state index in [-0.39, 0.29) is 24.6 Å². The first-order valence-corrected chi connectivity index (χ1v) is 13.0. The Morgan fingerprint density at radius 3 is 2.42 bits per heavy atom. The quantitative estimate of drug-likeness (QED) is 0.464. The lowest BCUT2D eigenvalue weighted by Gasteiger charge is -2.35. The van der Waals surface area contributed by atoms with Gasteiger partial charge < -0.3 is 19.5 Å². The molecule has 3 aromatic rings. The highest BCUT2D eigenvalue weighted by Crippen LogP contribution is 2.38. The number of fused-ring (bicyclic) bond motifs is 1. The van der Waals surface area contributed by atoms with E-state index in [1.54, 1.807) is 24.3 Å². The third kappa shape index (κ3) is 5.41. The van der Waals surface area contributed by atoms with Crippen molar-refractivity contribution >= 4 is 21.6 Å². The summed E-state index contributed by atoms with van der Waals surface area (Å²) in [7, 11) is -2.44. The number of rotatable bonds is 8. The number of methoxy groups -OCH3 is 1. The Labute approximate surface area is 211 Å². The highest BCUT2D eigenvalue weighted by Gasteiger charge is 2.37. The van der Waals surface area contributed by atoms with E-state index < -0.39 is 22.0 Å². The molecule has 0 saturated carbocycles. The number of nitrogens with zero attached hydrogens (tertiary/aromatic N) is 1. The molecule has 0 radical (unpaired) electrons. The molecule has 0 saturated heterocycles. The van der Waals surface area contributed by atoms with Crippen LogP contribution in [0.5, 0.6) is 17.2 Å². The standard InChI is InChI=1S/C27H30N2O6S/c1-18-6-12-24(20(3)15-18)34-14-13-28-27(30)26-17-29(23-11-5-19(2)16-25(23)35-26)36(31,32)22-9-7-21(33-4)8-10-22/h5-12,15-16,26H,13-14,17H2,1-4H3,(H,28,30). The second-order valence-electron chi connectivity index (χ2n) is 8.70. The molecule has 8 nitrogen and oxygen atoms in total. The van der Waals surface area contributed by atoms with Gasteiger partial charge in [0, 0.05) is 0 Å². The fourth-order valence-electron chi connectivity index (χ4n) is 4.01. The maximum absolute atomic E-state index is 13.6. The molecule has 190 valence electrons. The molecule has 1 N–H and O–H groups in total. The molecule has 1 amide bonds. The minimum Gasteiger partial charge on any atom is -0.497 e. The summed E-state index contributed by atoms with van der Waals surface area (Å²) < 4.78 is 45.2.